The van der Waals surface area contributed by atoms with Crippen LogP contribution in [0.1, 0.15) is 11.1 Å². The lowest BCUT2D eigenvalue weighted by atomic mass is 10.2. The van der Waals surface area contributed by atoms with Gasteiger partial charge in [0.1, 0.15) is 23.9 Å². The summed E-state index contributed by atoms with van der Waals surface area (Å²) < 4.78 is 13.5. The van der Waals surface area contributed by atoms with Gasteiger partial charge in [-0.2, -0.15) is 10.4 Å². The van der Waals surface area contributed by atoms with Gasteiger partial charge in [-0.1, -0.05) is 0 Å². The van der Waals surface area contributed by atoms with Crippen molar-refractivity contribution in [1.29, 1.82) is 5.26 Å². The maximum Gasteiger partial charge on any atom is 0.127 e. The van der Waals surface area contributed by atoms with Crippen molar-refractivity contribution in [2.45, 2.75) is 12.6 Å². The average molecular weight is 360 g/mol. The van der Waals surface area contributed by atoms with Crippen LogP contribution in [-0.2, 0) is 13.6 Å². The highest BCUT2D eigenvalue weighted by molar-refractivity contribution is 5.38. The number of aromatic nitrogens is 2. The van der Waals surface area contributed by atoms with E-state index < -0.39 is 0 Å². The number of hydrogen-bond donors (Lipinski definition) is 0. The van der Waals surface area contributed by atoms with Gasteiger partial charge >= 0.3 is 0 Å². The van der Waals surface area contributed by atoms with Crippen LogP contribution in [0.3, 0.4) is 0 Å². The maximum absolute atomic E-state index is 8.82. The van der Waals surface area contributed by atoms with Gasteiger partial charge in [0.15, 0.2) is 0 Å². The molecule has 0 amide bonds. The molecule has 0 spiro atoms. The number of benzene rings is 2. The molecule has 0 aliphatic carbocycles. The minimum absolute atomic E-state index is 0.458. The minimum atomic E-state index is 0.458. The molecule has 27 heavy (non-hydrogen) atoms. The predicted molar refractivity (Wildman–Crippen MR) is 101 cm³/mol. The topological polar surface area (TPSA) is 63.1 Å². The van der Waals surface area contributed by atoms with Crippen molar-refractivity contribution in [2.24, 2.45) is 7.05 Å². The fourth-order valence-corrected chi connectivity index (χ4v) is 2.89. The van der Waals surface area contributed by atoms with Crippen molar-refractivity contribution in [3.8, 4) is 23.3 Å². The molecule has 3 aromatic rings. The van der Waals surface area contributed by atoms with Gasteiger partial charge in [0.25, 0.3) is 0 Å². The molecule has 4 rings (SSSR count). The molecule has 2 heterocycles. The van der Waals surface area contributed by atoms with Crippen molar-refractivity contribution >= 4 is 0 Å². The van der Waals surface area contributed by atoms with Crippen LogP contribution < -0.4 is 9.47 Å². The Hall–Kier alpha value is -3.30. The molecule has 1 fully saturated rings. The second kappa shape index (κ2) is 7.52. The Morgan fingerprint density at radius 2 is 1.74 bits per heavy atom. The molecule has 2 aromatic carbocycles. The number of aryl methyl sites for hydroxylation is 1. The Kier molecular flexibility index (Phi) is 4.77. The first-order valence-electron chi connectivity index (χ1n) is 8.82. The molecule has 1 aliphatic rings. The lowest BCUT2D eigenvalue weighted by molar-refractivity contribution is 0.292. The van der Waals surface area contributed by atoms with E-state index in [0.29, 0.717) is 24.0 Å². The van der Waals surface area contributed by atoms with Crippen LogP contribution in [0.5, 0.6) is 17.2 Å². The summed E-state index contributed by atoms with van der Waals surface area (Å²) in [5, 5.41) is 13.0. The summed E-state index contributed by atoms with van der Waals surface area (Å²) >= 11 is 0. The molecular formula is C21H20N4O2. The van der Waals surface area contributed by atoms with Crippen LogP contribution >= 0.6 is 0 Å². The van der Waals surface area contributed by atoms with Gasteiger partial charge < -0.3 is 9.47 Å². The van der Waals surface area contributed by atoms with Crippen molar-refractivity contribution in [1.82, 2.24) is 14.7 Å². The van der Waals surface area contributed by atoms with Gasteiger partial charge in [0.05, 0.1) is 23.9 Å². The summed E-state index contributed by atoms with van der Waals surface area (Å²) in [4.78, 5) is 2.36. The van der Waals surface area contributed by atoms with Gasteiger partial charge in [0, 0.05) is 31.9 Å². The lowest BCUT2D eigenvalue weighted by Crippen LogP contribution is -2.10. The second-order valence-electron chi connectivity index (χ2n) is 6.63. The van der Waals surface area contributed by atoms with E-state index in [1.165, 1.54) is 5.56 Å². The third-order valence-electron chi connectivity index (χ3n) is 4.46. The third-order valence-corrected chi connectivity index (χ3v) is 4.46. The Labute approximate surface area is 158 Å². The number of ether oxygens (including phenoxy) is 2. The molecule has 136 valence electrons. The highest BCUT2D eigenvalue weighted by atomic mass is 16.5. The first-order chi connectivity index (χ1) is 13.2. The van der Waals surface area contributed by atoms with Crippen LogP contribution in [0, 0.1) is 11.3 Å². The number of nitrogens with zero attached hydrogens (tertiary/aromatic N) is 4. The first kappa shape index (κ1) is 17.1. The molecule has 2 unspecified atom stereocenters. The Balaban J connectivity index is 1.24. The highest BCUT2D eigenvalue weighted by Gasteiger charge is 2.34. The zero-order valence-corrected chi connectivity index (χ0v) is 15.1. The van der Waals surface area contributed by atoms with Crippen LogP contribution in [0.4, 0.5) is 0 Å². The molecule has 0 bridgehead atoms. The Bertz CT molecular complexity index is 942. The molecule has 0 N–H and O–H groups in total. The number of rotatable bonds is 7. The summed E-state index contributed by atoms with van der Waals surface area (Å²) in [5.41, 5.74) is 1.84. The molecule has 1 aromatic heterocycles. The van der Waals surface area contributed by atoms with Crippen molar-refractivity contribution in [3.63, 3.8) is 0 Å². The molecular weight excluding hydrogens is 340 g/mol. The molecule has 1 saturated heterocycles. The average Bonchev–Trinajstić information content (AvgIpc) is 3.30. The fourth-order valence-electron chi connectivity index (χ4n) is 2.89. The molecule has 6 nitrogen and oxygen atoms in total. The van der Waals surface area contributed by atoms with Gasteiger partial charge in [-0.3, -0.25) is 9.58 Å². The Morgan fingerprint density at radius 3 is 2.37 bits per heavy atom. The SMILES string of the molecule is Cn1cc(CN2CC2COc2ccc(Oc3ccc(C#N)cc3)cc2)cn1. The zero-order chi connectivity index (χ0) is 18.6. The molecule has 2 atom stereocenters. The molecule has 6 heteroatoms. The van der Waals surface area contributed by atoms with Crippen molar-refractivity contribution in [2.75, 3.05) is 13.2 Å². The van der Waals surface area contributed by atoms with E-state index in [0.717, 1.165) is 24.6 Å². The van der Waals surface area contributed by atoms with Gasteiger partial charge in [-0.15, -0.1) is 0 Å². The molecule has 1 aliphatic heterocycles. The third kappa shape index (κ3) is 4.46. The summed E-state index contributed by atoms with van der Waals surface area (Å²) in [6.45, 7) is 2.64. The largest absolute Gasteiger partial charge is 0.492 e. The number of nitriles is 1. The van der Waals surface area contributed by atoms with Crippen LogP contribution in [-0.4, -0.2) is 33.9 Å². The van der Waals surface area contributed by atoms with Gasteiger partial charge in [-0.25, -0.2) is 0 Å². The van der Waals surface area contributed by atoms with Crippen molar-refractivity contribution in [3.05, 3.63) is 72.1 Å². The summed E-state index contributed by atoms with van der Waals surface area (Å²) in [6.07, 6.45) is 3.95. The monoisotopic (exact) mass is 360 g/mol. The standard InChI is InChI=1S/C21H20N4O2/c1-24-12-17(11-23-24)13-25-14-18(25)15-26-19-6-8-21(9-7-19)27-20-4-2-16(10-22)3-5-20/h2-9,11-12,18H,13-15H2,1H3. The van der Waals surface area contributed by atoms with Crippen LogP contribution in [0.2, 0.25) is 0 Å². The van der Waals surface area contributed by atoms with E-state index in [1.54, 1.807) is 24.3 Å². The van der Waals surface area contributed by atoms with E-state index in [9.17, 15) is 0 Å². The smallest absolute Gasteiger partial charge is 0.127 e. The predicted octanol–water partition coefficient (Wildman–Crippen LogP) is 3.35. The minimum Gasteiger partial charge on any atom is -0.492 e. The normalized spacial score (nSPS) is 17.9. The first-order valence-corrected chi connectivity index (χ1v) is 8.82. The van der Waals surface area contributed by atoms with E-state index in [1.807, 2.05) is 48.4 Å². The lowest BCUT2D eigenvalue weighted by Gasteiger charge is -2.09. The summed E-state index contributed by atoms with van der Waals surface area (Å²) in [6, 6.07) is 17.2. The molecule has 0 saturated carbocycles. The van der Waals surface area contributed by atoms with E-state index >= 15 is 0 Å². The fraction of sp³-hybridized carbons (Fsp3) is 0.238. The second-order valence-corrected chi connectivity index (χ2v) is 6.63. The van der Waals surface area contributed by atoms with E-state index in [2.05, 4.69) is 16.1 Å². The van der Waals surface area contributed by atoms with Crippen molar-refractivity contribution < 1.29 is 9.47 Å². The van der Waals surface area contributed by atoms with Crippen LogP contribution in [0.15, 0.2) is 60.9 Å². The molecule has 0 radical (unpaired) electrons. The quantitative estimate of drug-likeness (QED) is 0.605. The van der Waals surface area contributed by atoms with E-state index in [-0.39, 0.29) is 0 Å². The zero-order valence-electron chi connectivity index (χ0n) is 15.1. The van der Waals surface area contributed by atoms with E-state index in [4.69, 9.17) is 14.7 Å². The summed E-state index contributed by atoms with van der Waals surface area (Å²) in [7, 11) is 1.93. The van der Waals surface area contributed by atoms with Gasteiger partial charge in [-0.05, 0) is 48.5 Å². The Morgan fingerprint density at radius 1 is 1.07 bits per heavy atom. The maximum atomic E-state index is 8.82. The van der Waals surface area contributed by atoms with Crippen LogP contribution in [0.25, 0.3) is 0 Å². The highest BCUT2D eigenvalue weighted by Crippen LogP contribution is 2.26. The van der Waals surface area contributed by atoms with Gasteiger partial charge in [0.2, 0.25) is 0 Å². The number of hydrogen-bond acceptors (Lipinski definition) is 5. The summed E-state index contributed by atoms with van der Waals surface area (Å²) in [5.74, 6) is 2.26.